The molecule has 0 saturated carbocycles. The van der Waals surface area contributed by atoms with Crippen LogP contribution in [0.4, 0.5) is 16.3 Å². The third-order valence-corrected chi connectivity index (χ3v) is 7.59. The van der Waals surface area contributed by atoms with E-state index in [9.17, 15) is 9.90 Å². The summed E-state index contributed by atoms with van der Waals surface area (Å²) in [6, 6.07) is 19.2. The Morgan fingerprint density at radius 2 is 1.77 bits per heavy atom. The van der Waals surface area contributed by atoms with E-state index in [0.717, 1.165) is 20.9 Å². The minimum absolute atomic E-state index is 0.0317. The molecule has 3 heterocycles. The van der Waals surface area contributed by atoms with E-state index in [-0.39, 0.29) is 16.2 Å². The zero-order valence-corrected chi connectivity index (χ0v) is 23.4. The summed E-state index contributed by atoms with van der Waals surface area (Å²) in [6.07, 6.45) is 3.71. The highest BCUT2D eigenvalue weighted by Gasteiger charge is 2.22. The lowest BCUT2D eigenvalue weighted by atomic mass is 9.92. The number of benzene rings is 3. The van der Waals surface area contributed by atoms with Gasteiger partial charge in [-0.05, 0) is 54.6 Å². The number of anilines is 2. The van der Waals surface area contributed by atoms with Crippen LogP contribution < -0.4 is 15.4 Å². The summed E-state index contributed by atoms with van der Waals surface area (Å²) >= 11 is 7.75. The van der Waals surface area contributed by atoms with Crippen molar-refractivity contribution in [2.45, 2.75) is 26.2 Å². The number of ether oxygens (including phenoxy) is 1. The van der Waals surface area contributed by atoms with Crippen LogP contribution in [0.2, 0.25) is 5.02 Å². The van der Waals surface area contributed by atoms with Crippen LogP contribution in [0.15, 0.2) is 79.1 Å². The maximum Gasteiger partial charge on any atom is 0.324 e. The molecule has 0 fully saturated rings. The van der Waals surface area contributed by atoms with Crippen molar-refractivity contribution in [3.8, 4) is 22.9 Å². The molecule has 6 aromatic rings. The second kappa shape index (κ2) is 9.89. The first-order valence-electron chi connectivity index (χ1n) is 12.4. The zero-order valence-electron chi connectivity index (χ0n) is 21.8. The molecule has 3 aromatic carbocycles. The van der Waals surface area contributed by atoms with E-state index < -0.39 is 6.03 Å². The summed E-state index contributed by atoms with van der Waals surface area (Å²) < 4.78 is 10.8. The summed E-state index contributed by atoms with van der Waals surface area (Å²) in [6.45, 7) is 6.11. The van der Waals surface area contributed by atoms with Gasteiger partial charge in [-0.3, -0.25) is 9.72 Å². The molecule has 0 bridgehead atoms. The average molecular weight is 573 g/mol. The number of phenols is 1. The molecule has 0 spiro atoms. The molecular weight excluding hydrogens is 548 g/mol. The Labute approximate surface area is 238 Å². The van der Waals surface area contributed by atoms with Gasteiger partial charge in [-0.25, -0.2) is 14.5 Å². The second-order valence-corrected chi connectivity index (χ2v) is 11.6. The van der Waals surface area contributed by atoms with Gasteiger partial charge in [-0.1, -0.05) is 43.7 Å². The van der Waals surface area contributed by atoms with Gasteiger partial charge in [-0.2, -0.15) is 5.10 Å². The van der Waals surface area contributed by atoms with Crippen LogP contribution in [0.1, 0.15) is 26.5 Å². The number of fused-ring (bicyclic) bond motifs is 3. The van der Waals surface area contributed by atoms with Crippen molar-refractivity contribution in [1.82, 2.24) is 19.2 Å². The Hall–Kier alpha value is -4.54. The first kappa shape index (κ1) is 25.7. The Balaban J connectivity index is 1.17. The highest BCUT2D eigenvalue weighted by atomic mass is 35.5. The number of amides is 2. The molecule has 11 heteroatoms. The van der Waals surface area contributed by atoms with E-state index in [1.807, 2.05) is 55.6 Å². The number of rotatable bonds is 5. The monoisotopic (exact) mass is 572 g/mol. The van der Waals surface area contributed by atoms with Crippen LogP contribution in [0, 0.1) is 0 Å². The number of aromatic hydroxyl groups is 1. The van der Waals surface area contributed by atoms with E-state index in [1.165, 1.54) is 6.07 Å². The van der Waals surface area contributed by atoms with Gasteiger partial charge in [0.2, 0.25) is 0 Å². The number of hydrogen-bond acceptors (Lipinski definition) is 6. The Morgan fingerprint density at radius 1 is 1.00 bits per heavy atom. The molecule has 6 rings (SSSR count). The number of carbonyl (C=O) groups is 1. The van der Waals surface area contributed by atoms with E-state index in [1.54, 1.807) is 58.6 Å². The smallest absolute Gasteiger partial charge is 0.324 e. The minimum atomic E-state index is -0.438. The SMILES string of the molecule is CC(C)(C)c1cc(NC(=O)Nc2ccc(Oc3ccc4sc5nccn5c4c3)cc2)n(-c2ccc(O)c(Cl)c2)n1. The topological polar surface area (TPSA) is 106 Å². The third kappa shape index (κ3) is 5.06. The lowest BCUT2D eigenvalue weighted by Gasteiger charge is -2.14. The predicted molar refractivity (Wildman–Crippen MR) is 159 cm³/mol. The highest BCUT2D eigenvalue weighted by molar-refractivity contribution is 7.23. The van der Waals surface area contributed by atoms with Crippen LogP contribution in [-0.4, -0.2) is 30.3 Å². The van der Waals surface area contributed by atoms with Crippen molar-refractivity contribution in [1.29, 1.82) is 0 Å². The Bertz CT molecular complexity index is 1870. The standard InChI is InChI=1S/C29H25ClN6O3S/c1-29(2,3)25-16-26(36(34-25)18-6-10-23(37)21(30)14-18)33-27(38)32-17-4-7-19(8-5-17)39-20-9-11-24-22(15-20)35-13-12-31-28(35)40-24/h4-16,37H,1-3H3,(H2,32,33,38). The fourth-order valence-electron chi connectivity index (χ4n) is 4.16. The van der Waals surface area contributed by atoms with Crippen LogP contribution >= 0.6 is 22.9 Å². The summed E-state index contributed by atoms with van der Waals surface area (Å²) in [5.74, 6) is 1.77. The molecule has 3 N–H and O–H groups in total. The van der Waals surface area contributed by atoms with Crippen LogP contribution in [0.3, 0.4) is 0 Å². The van der Waals surface area contributed by atoms with E-state index >= 15 is 0 Å². The minimum Gasteiger partial charge on any atom is -0.506 e. The van der Waals surface area contributed by atoms with E-state index in [2.05, 4.69) is 20.7 Å². The second-order valence-electron chi connectivity index (χ2n) is 10.2. The highest BCUT2D eigenvalue weighted by Crippen LogP contribution is 2.32. The van der Waals surface area contributed by atoms with Gasteiger partial charge in [0.05, 0.1) is 26.6 Å². The van der Waals surface area contributed by atoms with Gasteiger partial charge in [-0.15, -0.1) is 0 Å². The number of carbonyl (C=O) groups excluding carboxylic acids is 1. The maximum absolute atomic E-state index is 12.9. The molecule has 0 radical (unpaired) electrons. The van der Waals surface area contributed by atoms with Gasteiger partial charge in [0.1, 0.15) is 23.1 Å². The van der Waals surface area contributed by atoms with E-state index in [4.69, 9.17) is 16.3 Å². The molecule has 0 aliphatic heterocycles. The number of nitrogens with zero attached hydrogens (tertiary/aromatic N) is 4. The number of imidazole rings is 1. The Kier molecular flexibility index (Phi) is 6.36. The largest absolute Gasteiger partial charge is 0.506 e. The van der Waals surface area contributed by atoms with Crippen LogP contribution in [-0.2, 0) is 5.41 Å². The first-order valence-corrected chi connectivity index (χ1v) is 13.6. The van der Waals surface area contributed by atoms with E-state index in [0.29, 0.717) is 28.7 Å². The lowest BCUT2D eigenvalue weighted by molar-refractivity contribution is 0.262. The normalized spacial score (nSPS) is 11.7. The number of phenolic OH excluding ortho intramolecular Hbond substituents is 1. The number of nitrogens with one attached hydrogen (secondary N) is 2. The average Bonchev–Trinajstić information content (AvgIpc) is 3.62. The lowest BCUT2D eigenvalue weighted by Crippen LogP contribution is -2.21. The van der Waals surface area contributed by atoms with Gasteiger partial charge < -0.3 is 15.2 Å². The summed E-state index contributed by atoms with van der Waals surface area (Å²) in [4.78, 5) is 18.2. The van der Waals surface area contributed by atoms with Gasteiger partial charge in [0.15, 0.2) is 4.96 Å². The number of hydrogen-bond donors (Lipinski definition) is 3. The molecule has 0 unspecified atom stereocenters. The first-order chi connectivity index (χ1) is 19.1. The molecule has 3 aromatic heterocycles. The zero-order chi connectivity index (χ0) is 28.0. The molecule has 40 heavy (non-hydrogen) atoms. The van der Waals surface area contributed by atoms with Crippen molar-refractivity contribution in [2.24, 2.45) is 0 Å². The van der Waals surface area contributed by atoms with Crippen LogP contribution in [0.25, 0.3) is 20.9 Å². The maximum atomic E-state index is 12.9. The molecule has 9 nitrogen and oxygen atoms in total. The number of thiazole rings is 1. The Morgan fingerprint density at radius 3 is 2.52 bits per heavy atom. The van der Waals surface area contributed by atoms with Crippen molar-refractivity contribution < 1.29 is 14.6 Å². The summed E-state index contributed by atoms with van der Waals surface area (Å²) in [5.41, 5.74) is 2.75. The van der Waals surface area contributed by atoms with Crippen molar-refractivity contribution in [3.63, 3.8) is 0 Å². The van der Waals surface area contributed by atoms with Gasteiger partial charge >= 0.3 is 6.03 Å². The molecular formula is C29H25ClN6O3S. The molecule has 2 amide bonds. The van der Waals surface area contributed by atoms with Gasteiger partial charge in [0.25, 0.3) is 0 Å². The van der Waals surface area contributed by atoms with Crippen molar-refractivity contribution in [3.05, 3.63) is 89.8 Å². The summed E-state index contributed by atoms with van der Waals surface area (Å²) in [5, 5.41) is 20.4. The number of aromatic nitrogens is 4. The molecule has 0 aliphatic rings. The van der Waals surface area contributed by atoms with Crippen molar-refractivity contribution >= 4 is 55.7 Å². The number of halogens is 1. The summed E-state index contributed by atoms with van der Waals surface area (Å²) in [7, 11) is 0. The van der Waals surface area contributed by atoms with Crippen molar-refractivity contribution in [2.75, 3.05) is 10.6 Å². The molecule has 202 valence electrons. The van der Waals surface area contributed by atoms with Gasteiger partial charge in [0, 0.05) is 35.6 Å². The molecule has 0 aliphatic carbocycles. The quantitative estimate of drug-likeness (QED) is 0.195. The third-order valence-electron chi connectivity index (χ3n) is 6.24. The fourth-order valence-corrected chi connectivity index (χ4v) is 5.30. The molecule has 0 atom stereocenters. The fraction of sp³-hybridized carbons (Fsp3) is 0.138. The predicted octanol–water partition coefficient (Wildman–Crippen LogP) is 7.83. The number of urea groups is 1. The molecule has 0 saturated heterocycles. The van der Waals surface area contributed by atoms with Crippen LogP contribution in [0.5, 0.6) is 17.2 Å².